The number of carbonyl (C=O) groups is 3. The fourth-order valence-electron chi connectivity index (χ4n) is 2.44. The van der Waals surface area contributed by atoms with Crippen molar-refractivity contribution in [3.63, 3.8) is 0 Å². The maximum atomic E-state index is 12.3. The molecule has 0 heterocycles. The third-order valence-electron chi connectivity index (χ3n) is 3.85. The number of nitrogens with one attached hydrogen (secondary N) is 2. The van der Waals surface area contributed by atoms with E-state index < -0.39 is 33.4 Å². The van der Waals surface area contributed by atoms with Crippen molar-refractivity contribution in [1.29, 1.82) is 5.26 Å². The first-order chi connectivity index (χ1) is 14.2. The van der Waals surface area contributed by atoms with Gasteiger partial charge in [-0.05, 0) is 35.9 Å². The predicted octanol–water partition coefficient (Wildman–Crippen LogP) is 1.01. The summed E-state index contributed by atoms with van der Waals surface area (Å²) >= 11 is 0. The fourth-order valence-corrected chi connectivity index (χ4v) is 3.72. The lowest BCUT2D eigenvalue weighted by Crippen LogP contribution is -2.30. The fraction of sp³-hybridized carbons (Fsp3) is 0.200. The number of hydrogen-bond donors (Lipinski definition) is 2. The Morgan fingerprint density at radius 2 is 1.80 bits per heavy atom. The Morgan fingerprint density at radius 3 is 2.43 bits per heavy atom. The average Bonchev–Trinajstić information content (AvgIpc) is 2.71. The van der Waals surface area contributed by atoms with E-state index >= 15 is 0 Å². The van der Waals surface area contributed by atoms with Crippen molar-refractivity contribution < 1.29 is 27.5 Å². The van der Waals surface area contributed by atoms with E-state index in [1.54, 1.807) is 0 Å². The maximum Gasteiger partial charge on any atom is 0.325 e. The maximum absolute atomic E-state index is 12.3. The lowest BCUT2D eigenvalue weighted by Gasteiger charge is -2.09. The van der Waals surface area contributed by atoms with E-state index in [1.165, 1.54) is 55.6 Å². The van der Waals surface area contributed by atoms with E-state index in [0.717, 1.165) is 0 Å². The Morgan fingerprint density at radius 1 is 1.10 bits per heavy atom. The van der Waals surface area contributed by atoms with E-state index in [2.05, 4.69) is 15.4 Å². The molecule has 0 aliphatic rings. The number of amides is 2. The molecule has 2 aromatic rings. The van der Waals surface area contributed by atoms with Crippen molar-refractivity contribution >= 4 is 33.3 Å². The topological polar surface area (TPSA) is 142 Å². The number of sulfone groups is 1. The van der Waals surface area contributed by atoms with Crippen LogP contribution in [0.5, 0.6) is 0 Å². The first-order valence-corrected chi connectivity index (χ1v) is 10.5. The smallest absolute Gasteiger partial charge is 0.325 e. The summed E-state index contributed by atoms with van der Waals surface area (Å²) in [7, 11) is -2.55. The summed E-state index contributed by atoms with van der Waals surface area (Å²) in [5.74, 6) is -3.01. The summed E-state index contributed by atoms with van der Waals surface area (Å²) in [5.41, 5.74) is 1.28. The number of nitrogens with zero attached hydrogens (tertiary/aromatic N) is 1. The Kier molecular flexibility index (Phi) is 7.66. The van der Waals surface area contributed by atoms with Gasteiger partial charge in [0.15, 0.2) is 9.84 Å². The number of ether oxygens (including phenoxy) is 1. The van der Waals surface area contributed by atoms with Crippen LogP contribution in [0.15, 0.2) is 48.5 Å². The van der Waals surface area contributed by atoms with E-state index in [9.17, 15) is 22.8 Å². The van der Waals surface area contributed by atoms with Gasteiger partial charge in [0, 0.05) is 11.3 Å². The van der Waals surface area contributed by atoms with Gasteiger partial charge in [-0.1, -0.05) is 18.2 Å². The van der Waals surface area contributed by atoms with Crippen LogP contribution in [-0.2, 0) is 29.9 Å². The van der Waals surface area contributed by atoms with Gasteiger partial charge in [0.05, 0.1) is 24.5 Å². The molecule has 2 N–H and O–H groups in total. The molecule has 0 spiro atoms. The number of nitriles is 1. The van der Waals surface area contributed by atoms with E-state index in [4.69, 9.17) is 5.26 Å². The minimum absolute atomic E-state index is 0.178. The van der Waals surface area contributed by atoms with Crippen LogP contribution in [0.1, 0.15) is 21.5 Å². The van der Waals surface area contributed by atoms with Crippen LogP contribution in [0.3, 0.4) is 0 Å². The third kappa shape index (κ3) is 7.03. The van der Waals surface area contributed by atoms with Crippen LogP contribution in [0.2, 0.25) is 0 Å². The van der Waals surface area contributed by atoms with Crippen molar-refractivity contribution in [2.75, 3.05) is 24.7 Å². The highest BCUT2D eigenvalue weighted by Gasteiger charge is 2.18. The highest BCUT2D eigenvalue weighted by molar-refractivity contribution is 7.91. The van der Waals surface area contributed by atoms with Crippen LogP contribution in [-0.4, -0.2) is 45.6 Å². The first-order valence-electron chi connectivity index (χ1n) is 8.67. The minimum Gasteiger partial charge on any atom is -0.468 e. The standard InChI is InChI=1S/C20H19N3O6S/c1-29-19(25)11-22-20(26)16-3-2-4-17(9-16)23-18(24)13-30(27,28)12-15-7-5-14(10-21)6-8-15/h2-9H,11-13H2,1H3,(H,22,26)(H,23,24). The van der Waals surface area contributed by atoms with Crippen LogP contribution in [0.4, 0.5) is 5.69 Å². The molecule has 0 bridgehead atoms. The van der Waals surface area contributed by atoms with E-state index in [0.29, 0.717) is 11.1 Å². The van der Waals surface area contributed by atoms with Crippen LogP contribution < -0.4 is 10.6 Å². The second kappa shape index (κ2) is 10.2. The molecule has 0 radical (unpaired) electrons. The zero-order valence-electron chi connectivity index (χ0n) is 16.0. The normalized spacial score (nSPS) is 10.5. The zero-order chi connectivity index (χ0) is 22.1. The predicted molar refractivity (Wildman–Crippen MR) is 108 cm³/mol. The molecule has 10 heteroatoms. The number of esters is 1. The highest BCUT2D eigenvalue weighted by atomic mass is 32.2. The molecule has 0 saturated heterocycles. The van der Waals surface area contributed by atoms with Gasteiger partial charge in [-0.2, -0.15) is 5.26 Å². The van der Waals surface area contributed by atoms with Crippen LogP contribution >= 0.6 is 0 Å². The van der Waals surface area contributed by atoms with Gasteiger partial charge in [-0.25, -0.2) is 8.42 Å². The van der Waals surface area contributed by atoms with Crippen molar-refractivity contribution in [1.82, 2.24) is 5.32 Å². The van der Waals surface area contributed by atoms with Gasteiger partial charge in [-0.15, -0.1) is 0 Å². The van der Waals surface area contributed by atoms with Gasteiger partial charge in [-0.3, -0.25) is 14.4 Å². The lowest BCUT2D eigenvalue weighted by atomic mass is 10.2. The zero-order valence-corrected chi connectivity index (χ0v) is 16.9. The van der Waals surface area contributed by atoms with Gasteiger partial charge < -0.3 is 15.4 Å². The van der Waals surface area contributed by atoms with Crippen molar-refractivity contribution in [2.24, 2.45) is 0 Å². The number of anilines is 1. The summed E-state index contributed by atoms with van der Waals surface area (Å²) in [4.78, 5) is 35.3. The lowest BCUT2D eigenvalue weighted by molar-refractivity contribution is -0.139. The number of hydrogen-bond acceptors (Lipinski definition) is 7. The molecule has 0 atom stereocenters. The summed E-state index contributed by atoms with van der Waals surface area (Å²) in [6.07, 6.45) is 0. The molecule has 0 unspecified atom stereocenters. The monoisotopic (exact) mass is 429 g/mol. The van der Waals surface area contributed by atoms with Crippen molar-refractivity contribution in [3.05, 3.63) is 65.2 Å². The Labute approximate surface area is 173 Å². The summed E-state index contributed by atoms with van der Waals surface area (Å²) in [6.45, 7) is -0.306. The number of rotatable bonds is 8. The summed E-state index contributed by atoms with van der Waals surface area (Å²) in [5, 5.41) is 13.6. The van der Waals surface area contributed by atoms with E-state index in [-0.39, 0.29) is 23.5 Å². The summed E-state index contributed by atoms with van der Waals surface area (Å²) < 4.78 is 29.0. The number of methoxy groups -OCH3 is 1. The van der Waals surface area contributed by atoms with Crippen molar-refractivity contribution in [2.45, 2.75) is 5.75 Å². The first kappa shape index (κ1) is 22.6. The molecular formula is C20H19N3O6S. The second-order valence-electron chi connectivity index (χ2n) is 6.23. The molecule has 0 aliphatic carbocycles. The molecule has 9 nitrogen and oxygen atoms in total. The molecule has 156 valence electrons. The van der Waals surface area contributed by atoms with Gasteiger partial charge >= 0.3 is 5.97 Å². The molecule has 0 aliphatic heterocycles. The average molecular weight is 429 g/mol. The quantitative estimate of drug-likeness (QED) is 0.596. The summed E-state index contributed by atoms with van der Waals surface area (Å²) in [6, 6.07) is 13.8. The van der Waals surface area contributed by atoms with E-state index in [1.807, 2.05) is 6.07 Å². The second-order valence-corrected chi connectivity index (χ2v) is 8.29. The number of carbonyl (C=O) groups excluding carboxylic acids is 3. The van der Waals surface area contributed by atoms with Gasteiger partial charge in [0.1, 0.15) is 12.3 Å². The molecule has 30 heavy (non-hydrogen) atoms. The Bertz CT molecular complexity index is 1090. The molecular weight excluding hydrogens is 410 g/mol. The molecule has 0 aromatic heterocycles. The molecule has 2 rings (SSSR count). The van der Waals surface area contributed by atoms with Crippen LogP contribution in [0, 0.1) is 11.3 Å². The highest BCUT2D eigenvalue weighted by Crippen LogP contribution is 2.12. The molecule has 0 saturated carbocycles. The van der Waals surface area contributed by atoms with Gasteiger partial charge in [0.25, 0.3) is 5.91 Å². The van der Waals surface area contributed by atoms with Gasteiger partial charge in [0.2, 0.25) is 5.91 Å². The van der Waals surface area contributed by atoms with Crippen LogP contribution in [0.25, 0.3) is 0 Å². The Hall–Kier alpha value is -3.71. The Balaban J connectivity index is 1.97. The van der Waals surface area contributed by atoms with Crippen molar-refractivity contribution in [3.8, 4) is 6.07 Å². The minimum atomic E-state index is -3.75. The molecule has 2 amide bonds. The SMILES string of the molecule is COC(=O)CNC(=O)c1cccc(NC(=O)CS(=O)(=O)Cc2ccc(C#N)cc2)c1. The third-order valence-corrected chi connectivity index (χ3v) is 5.33. The number of benzene rings is 2. The largest absolute Gasteiger partial charge is 0.468 e. The molecule has 2 aromatic carbocycles. The molecule has 0 fully saturated rings.